The highest BCUT2D eigenvalue weighted by molar-refractivity contribution is 8.00. The molecule has 194 valence electrons. The van der Waals surface area contributed by atoms with Crippen LogP contribution in [-0.2, 0) is 21.4 Å². The molecule has 2 bridgehead atoms. The summed E-state index contributed by atoms with van der Waals surface area (Å²) in [5, 5.41) is 9.26. The van der Waals surface area contributed by atoms with E-state index in [4.69, 9.17) is 9.88 Å². The highest BCUT2D eigenvalue weighted by Crippen LogP contribution is 2.64. The zero-order chi connectivity index (χ0) is 25.9. The summed E-state index contributed by atoms with van der Waals surface area (Å²) in [5.41, 5.74) is 1.63. The van der Waals surface area contributed by atoms with Gasteiger partial charge in [-0.3, -0.25) is 14.2 Å². The van der Waals surface area contributed by atoms with Crippen LogP contribution in [0.5, 0.6) is 5.75 Å². The van der Waals surface area contributed by atoms with Gasteiger partial charge in [0, 0.05) is 21.7 Å². The van der Waals surface area contributed by atoms with Gasteiger partial charge in [-0.05, 0) is 79.0 Å². The first-order valence-corrected chi connectivity index (χ1v) is 15.4. The Bertz CT molecular complexity index is 1510. The monoisotopic (exact) mass is 557 g/mol. The smallest absolute Gasteiger partial charge is 0.308 e. The van der Waals surface area contributed by atoms with Gasteiger partial charge in [0.1, 0.15) is 12.3 Å². The molecular weight excluding hydrogens is 531 g/mol. The topological polar surface area (TPSA) is 120 Å². The fourth-order valence-corrected chi connectivity index (χ4v) is 10.0. The predicted octanol–water partition coefficient (Wildman–Crippen LogP) is 3.86. The second kappa shape index (κ2) is 9.30. The molecule has 2 aliphatic carbocycles. The molecule has 0 spiro atoms. The van der Waals surface area contributed by atoms with Gasteiger partial charge in [-0.25, -0.2) is 13.6 Å². The average Bonchev–Trinajstić information content (AvgIpc) is 3.57. The molecule has 0 saturated heterocycles. The summed E-state index contributed by atoms with van der Waals surface area (Å²) in [7, 11) is -2.16. The molecule has 37 heavy (non-hydrogen) atoms. The largest absolute Gasteiger partial charge is 0.497 e. The molecule has 0 radical (unpaired) electrons. The van der Waals surface area contributed by atoms with E-state index in [9.17, 15) is 18.0 Å². The number of ether oxygens (including phenoxy) is 1. The number of aromatic nitrogens is 1. The van der Waals surface area contributed by atoms with Gasteiger partial charge in [0.25, 0.3) is 0 Å². The first-order chi connectivity index (χ1) is 17.7. The normalized spacial score (nSPS) is 25.9. The van der Waals surface area contributed by atoms with Gasteiger partial charge in [0.2, 0.25) is 15.9 Å². The molecule has 3 aliphatic rings. The molecular formula is C26H27N3O5S3. The highest BCUT2D eigenvalue weighted by atomic mass is 32.2. The van der Waals surface area contributed by atoms with E-state index in [0.29, 0.717) is 28.7 Å². The first-order valence-electron chi connectivity index (χ1n) is 12.2. The number of anilines is 1. The van der Waals surface area contributed by atoms with Crippen molar-refractivity contribution in [2.75, 3.05) is 12.4 Å². The van der Waals surface area contributed by atoms with Gasteiger partial charge in [0.05, 0.1) is 17.0 Å². The molecule has 1 aromatic heterocycles. The minimum absolute atomic E-state index is 0.0324. The van der Waals surface area contributed by atoms with Crippen molar-refractivity contribution in [1.82, 2.24) is 4.57 Å². The Hall–Kier alpha value is -2.60. The van der Waals surface area contributed by atoms with Crippen LogP contribution >= 0.6 is 23.1 Å². The number of benzene rings is 2. The lowest BCUT2D eigenvalue weighted by molar-refractivity contribution is -0.116. The van der Waals surface area contributed by atoms with Crippen LogP contribution in [0.3, 0.4) is 0 Å². The number of hydrogen-bond acceptors (Lipinski definition) is 7. The number of fused-ring (bicyclic) bond motifs is 6. The fourth-order valence-electron chi connectivity index (χ4n) is 6.34. The predicted molar refractivity (Wildman–Crippen MR) is 144 cm³/mol. The Morgan fingerprint density at radius 3 is 2.49 bits per heavy atom. The number of primary sulfonamides is 1. The number of hydrogen-bond donors (Lipinski definition) is 2. The number of rotatable bonds is 6. The molecule has 11 heteroatoms. The summed E-state index contributed by atoms with van der Waals surface area (Å²) < 4.78 is 29.9. The third-order valence-corrected chi connectivity index (χ3v) is 11.7. The summed E-state index contributed by atoms with van der Waals surface area (Å²) in [6.07, 6.45) is 3.71. The second-order valence-corrected chi connectivity index (χ2v) is 13.7. The lowest BCUT2D eigenvalue weighted by Crippen LogP contribution is -2.34. The summed E-state index contributed by atoms with van der Waals surface area (Å²) in [6, 6.07) is 13.8. The summed E-state index contributed by atoms with van der Waals surface area (Å²) in [4.78, 5) is 27.0. The Morgan fingerprint density at radius 2 is 1.81 bits per heavy atom. The van der Waals surface area contributed by atoms with Crippen LogP contribution in [0.25, 0.3) is 0 Å². The van der Waals surface area contributed by atoms with E-state index in [1.807, 2.05) is 12.1 Å². The van der Waals surface area contributed by atoms with Crippen LogP contribution in [0.15, 0.2) is 63.2 Å². The van der Waals surface area contributed by atoms with Crippen LogP contribution in [0.4, 0.5) is 5.69 Å². The van der Waals surface area contributed by atoms with E-state index in [1.165, 1.54) is 60.4 Å². The van der Waals surface area contributed by atoms with Gasteiger partial charge in [-0.15, -0.1) is 11.8 Å². The first kappa shape index (κ1) is 24.7. The van der Waals surface area contributed by atoms with Crippen LogP contribution in [0.2, 0.25) is 0 Å². The summed E-state index contributed by atoms with van der Waals surface area (Å²) in [5.74, 6) is 2.39. The van der Waals surface area contributed by atoms with Crippen molar-refractivity contribution in [3.8, 4) is 5.75 Å². The molecule has 6 rings (SSSR count). The van der Waals surface area contributed by atoms with Crippen molar-refractivity contribution >= 4 is 44.7 Å². The molecule has 1 aliphatic heterocycles. The minimum Gasteiger partial charge on any atom is -0.497 e. The molecule has 2 saturated carbocycles. The molecule has 2 fully saturated rings. The molecule has 5 unspecified atom stereocenters. The zero-order valence-corrected chi connectivity index (χ0v) is 22.6. The quantitative estimate of drug-likeness (QED) is 0.475. The van der Waals surface area contributed by atoms with Gasteiger partial charge in [0.15, 0.2) is 0 Å². The Labute approximate surface area is 223 Å². The van der Waals surface area contributed by atoms with Crippen LogP contribution in [0.1, 0.15) is 35.6 Å². The Morgan fingerprint density at radius 1 is 1.11 bits per heavy atom. The van der Waals surface area contributed by atoms with Crippen molar-refractivity contribution in [1.29, 1.82) is 0 Å². The van der Waals surface area contributed by atoms with E-state index in [0.717, 1.165) is 15.7 Å². The number of nitrogens with zero attached hydrogens (tertiary/aromatic N) is 1. The molecule has 1 amide bonds. The molecule has 3 N–H and O–H groups in total. The molecule has 5 atom stereocenters. The van der Waals surface area contributed by atoms with Crippen LogP contribution in [0, 0.1) is 17.8 Å². The lowest BCUT2D eigenvalue weighted by atomic mass is 9.75. The van der Waals surface area contributed by atoms with Gasteiger partial charge in [-0.2, -0.15) is 0 Å². The highest BCUT2D eigenvalue weighted by Gasteiger charge is 2.55. The van der Waals surface area contributed by atoms with E-state index >= 15 is 0 Å². The second-order valence-electron chi connectivity index (χ2n) is 9.98. The number of methoxy groups -OCH3 is 1. The number of thiazole rings is 1. The van der Waals surface area contributed by atoms with Crippen molar-refractivity contribution in [2.24, 2.45) is 22.9 Å². The summed E-state index contributed by atoms with van der Waals surface area (Å²) >= 11 is 3.04. The van der Waals surface area contributed by atoms with Crippen LogP contribution in [-0.4, -0.2) is 31.3 Å². The van der Waals surface area contributed by atoms with Crippen molar-refractivity contribution in [3.63, 3.8) is 0 Å². The molecule has 2 aromatic carbocycles. The van der Waals surface area contributed by atoms with Gasteiger partial charge in [-0.1, -0.05) is 23.5 Å². The van der Waals surface area contributed by atoms with Crippen molar-refractivity contribution < 1.29 is 17.9 Å². The maximum atomic E-state index is 13.2. The number of nitrogens with two attached hydrogens (primary N) is 1. The number of sulfonamides is 1. The molecule has 3 aromatic rings. The number of amides is 1. The Kier molecular flexibility index (Phi) is 6.21. The standard InChI is InChI=1S/C26H27N3O5S3/c1-34-18-8-4-14(5-9-18)21-22-15-2-3-16(12-15)23(22)35-25-24(21)36-26(31)29(25)13-20(30)28-17-6-10-19(11-7-17)37(27,32)33/h4-11,15-16,21-23H,2-3,12-13H2,1H3,(H,28,30)(H2,27,32,33). The van der Waals surface area contributed by atoms with Crippen LogP contribution < -0.4 is 20.1 Å². The average molecular weight is 558 g/mol. The lowest BCUT2D eigenvalue weighted by Gasteiger charge is -2.40. The van der Waals surface area contributed by atoms with E-state index in [2.05, 4.69) is 17.4 Å². The maximum Gasteiger partial charge on any atom is 0.308 e. The third-order valence-electron chi connectivity index (χ3n) is 7.93. The maximum absolute atomic E-state index is 13.2. The molecule has 8 nitrogen and oxygen atoms in total. The third kappa shape index (κ3) is 4.41. The van der Waals surface area contributed by atoms with Gasteiger partial charge >= 0.3 is 4.87 Å². The number of nitrogens with one attached hydrogen (secondary N) is 1. The number of carbonyl (C=O) groups excluding carboxylic acids is 1. The van der Waals surface area contributed by atoms with Gasteiger partial charge < -0.3 is 10.1 Å². The summed E-state index contributed by atoms with van der Waals surface area (Å²) in [6.45, 7) is -0.102. The van der Waals surface area contributed by atoms with E-state index < -0.39 is 10.0 Å². The number of carbonyl (C=O) groups is 1. The Balaban J connectivity index is 1.31. The van der Waals surface area contributed by atoms with E-state index in [1.54, 1.807) is 23.4 Å². The molecule has 2 heterocycles. The minimum atomic E-state index is -3.81. The van der Waals surface area contributed by atoms with Crippen molar-refractivity contribution in [3.05, 3.63) is 68.6 Å². The zero-order valence-electron chi connectivity index (χ0n) is 20.1. The van der Waals surface area contributed by atoms with E-state index in [-0.39, 0.29) is 28.1 Å². The number of thioether (sulfide) groups is 1. The van der Waals surface area contributed by atoms with Crippen molar-refractivity contribution in [2.45, 2.75) is 46.9 Å². The fraction of sp³-hybridized carbons (Fsp3) is 0.385. The SMILES string of the molecule is COc1ccc(C2c3sc(=O)n(CC(=O)Nc4ccc(S(N)(=O)=O)cc4)c3SC3C4CCC(C4)C23)cc1.